The van der Waals surface area contributed by atoms with Crippen LogP contribution in [0.2, 0.25) is 0 Å². The second kappa shape index (κ2) is 2.55. The molecule has 0 saturated carbocycles. The Kier molecular flexibility index (Phi) is 1.53. The van der Waals surface area contributed by atoms with Crippen molar-refractivity contribution in [2.24, 2.45) is 7.05 Å². The molecule has 4 heteroatoms. The first-order chi connectivity index (χ1) is 5.77. The molecule has 0 radical (unpaired) electrons. The van der Waals surface area contributed by atoms with Crippen molar-refractivity contribution < 1.29 is 4.79 Å². The van der Waals surface area contributed by atoms with Crippen molar-refractivity contribution in [2.45, 2.75) is 12.8 Å². The van der Waals surface area contributed by atoms with Crippen molar-refractivity contribution in [3.63, 3.8) is 0 Å². The lowest BCUT2D eigenvalue weighted by molar-refractivity contribution is -0.113. The summed E-state index contributed by atoms with van der Waals surface area (Å²) in [4.78, 5) is 12.7. The lowest BCUT2D eigenvalue weighted by Crippen LogP contribution is -1.97. The molecule has 4 nitrogen and oxygen atoms in total. The van der Waals surface area contributed by atoms with E-state index in [-0.39, 0.29) is 5.78 Å². The molecule has 1 aromatic rings. The van der Waals surface area contributed by atoms with Gasteiger partial charge in [0.15, 0.2) is 5.78 Å². The monoisotopic (exact) mass is 163 g/mol. The van der Waals surface area contributed by atoms with Gasteiger partial charge in [-0.1, -0.05) is 6.08 Å². The zero-order valence-corrected chi connectivity index (χ0v) is 6.82. The van der Waals surface area contributed by atoms with Crippen LogP contribution in [0, 0.1) is 0 Å². The van der Waals surface area contributed by atoms with Gasteiger partial charge in [-0.25, -0.2) is 0 Å². The standard InChI is InChI=1S/C8H9N3O/c1-11-9-5-7(10-11)6-3-2-4-8(6)12/h3,5H,2,4H2,1H3. The molecule has 0 aliphatic heterocycles. The molecule has 0 saturated heterocycles. The fourth-order valence-electron chi connectivity index (χ4n) is 1.31. The van der Waals surface area contributed by atoms with Crippen LogP contribution >= 0.6 is 0 Å². The number of carbonyl (C=O) groups excluding carboxylic acids is 1. The van der Waals surface area contributed by atoms with Gasteiger partial charge in [0.05, 0.1) is 6.20 Å². The molecule has 1 aliphatic carbocycles. The van der Waals surface area contributed by atoms with Crippen molar-refractivity contribution in [1.82, 2.24) is 15.0 Å². The molecule has 1 aromatic heterocycles. The number of carbonyl (C=O) groups is 1. The average molecular weight is 163 g/mol. The van der Waals surface area contributed by atoms with Gasteiger partial charge in [-0.15, -0.1) is 0 Å². The van der Waals surface area contributed by atoms with Crippen LogP contribution in [0.5, 0.6) is 0 Å². The summed E-state index contributed by atoms with van der Waals surface area (Å²) in [6, 6.07) is 0. The van der Waals surface area contributed by atoms with Gasteiger partial charge in [-0.05, 0) is 6.42 Å². The van der Waals surface area contributed by atoms with Gasteiger partial charge in [0.1, 0.15) is 5.69 Å². The van der Waals surface area contributed by atoms with Gasteiger partial charge >= 0.3 is 0 Å². The highest BCUT2D eigenvalue weighted by atomic mass is 16.1. The SMILES string of the molecule is Cn1ncc(C2=CCCC2=O)n1. The predicted octanol–water partition coefficient (Wildman–Crippen LogP) is 0.561. The van der Waals surface area contributed by atoms with E-state index in [1.54, 1.807) is 13.2 Å². The van der Waals surface area contributed by atoms with E-state index in [0.29, 0.717) is 12.1 Å². The number of aryl methyl sites for hydroxylation is 1. The second-order valence-electron chi connectivity index (χ2n) is 2.80. The highest BCUT2D eigenvalue weighted by Gasteiger charge is 2.18. The summed E-state index contributed by atoms with van der Waals surface area (Å²) in [5.74, 6) is 0.176. The maximum absolute atomic E-state index is 11.2. The fourth-order valence-corrected chi connectivity index (χ4v) is 1.31. The maximum Gasteiger partial charge on any atom is 0.165 e. The van der Waals surface area contributed by atoms with Crippen molar-refractivity contribution in [1.29, 1.82) is 0 Å². The molecule has 0 N–H and O–H groups in total. The van der Waals surface area contributed by atoms with Crippen molar-refractivity contribution in [3.8, 4) is 0 Å². The minimum Gasteiger partial charge on any atom is -0.294 e. The summed E-state index contributed by atoms with van der Waals surface area (Å²) in [6.45, 7) is 0. The van der Waals surface area contributed by atoms with E-state index < -0.39 is 0 Å². The van der Waals surface area contributed by atoms with E-state index in [4.69, 9.17) is 0 Å². The number of nitrogens with zero attached hydrogens (tertiary/aromatic N) is 3. The molecule has 0 aromatic carbocycles. The first-order valence-corrected chi connectivity index (χ1v) is 3.87. The topological polar surface area (TPSA) is 47.8 Å². The Morgan fingerprint density at radius 3 is 2.92 bits per heavy atom. The molecule has 12 heavy (non-hydrogen) atoms. The number of rotatable bonds is 1. The van der Waals surface area contributed by atoms with Crippen LogP contribution in [0.15, 0.2) is 12.3 Å². The average Bonchev–Trinajstić information content (AvgIpc) is 2.58. The second-order valence-corrected chi connectivity index (χ2v) is 2.80. The fraction of sp³-hybridized carbons (Fsp3) is 0.375. The van der Waals surface area contributed by atoms with Crippen LogP contribution in [-0.2, 0) is 11.8 Å². The maximum atomic E-state index is 11.2. The first-order valence-electron chi connectivity index (χ1n) is 3.87. The third kappa shape index (κ3) is 1.05. The molecule has 0 unspecified atom stereocenters. The molecule has 0 amide bonds. The number of Topliss-reactive ketones (excluding diaryl/α,β-unsaturated/α-hetero) is 1. The van der Waals surface area contributed by atoms with Crippen LogP contribution in [0.3, 0.4) is 0 Å². The Hall–Kier alpha value is -1.45. The Balaban J connectivity index is 2.37. The lowest BCUT2D eigenvalue weighted by atomic mass is 10.2. The Morgan fingerprint density at radius 1 is 1.58 bits per heavy atom. The molecule has 2 rings (SSSR count). The quantitative estimate of drug-likeness (QED) is 0.607. The van der Waals surface area contributed by atoms with Crippen LogP contribution in [0.4, 0.5) is 0 Å². The molecule has 0 atom stereocenters. The summed E-state index contributed by atoms with van der Waals surface area (Å²) < 4.78 is 0. The number of allylic oxidation sites excluding steroid dienone is 2. The zero-order valence-electron chi connectivity index (χ0n) is 6.82. The summed E-state index contributed by atoms with van der Waals surface area (Å²) in [6.07, 6.45) is 5.00. The van der Waals surface area contributed by atoms with E-state index in [0.717, 1.165) is 12.0 Å². The normalized spacial score (nSPS) is 16.8. The number of hydrogen-bond acceptors (Lipinski definition) is 3. The summed E-state index contributed by atoms with van der Waals surface area (Å²) in [7, 11) is 1.74. The highest BCUT2D eigenvalue weighted by molar-refractivity contribution is 6.21. The minimum atomic E-state index is 0.176. The van der Waals surface area contributed by atoms with Crippen LogP contribution in [0.1, 0.15) is 18.5 Å². The molecule has 0 bridgehead atoms. The Morgan fingerprint density at radius 2 is 2.42 bits per heavy atom. The molecule has 62 valence electrons. The van der Waals surface area contributed by atoms with Crippen molar-refractivity contribution >= 4 is 11.4 Å². The van der Waals surface area contributed by atoms with E-state index in [9.17, 15) is 4.79 Å². The highest BCUT2D eigenvalue weighted by Crippen LogP contribution is 2.21. The Bertz CT molecular complexity index is 351. The van der Waals surface area contributed by atoms with Gasteiger partial charge in [0.2, 0.25) is 0 Å². The number of ketones is 1. The van der Waals surface area contributed by atoms with Crippen LogP contribution < -0.4 is 0 Å². The van der Waals surface area contributed by atoms with Crippen molar-refractivity contribution in [2.75, 3.05) is 0 Å². The first kappa shape index (κ1) is 7.21. The number of aromatic nitrogens is 3. The number of hydrogen-bond donors (Lipinski definition) is 0. The predicted molar refractivity (Wildman–Crippen MR) is 43.2 cm³/mol. The molecule has 1 aliphatic rings. The van der Waals surface area contributed by atoms with Crippen LogP contribution in [-0.4, -0.2) is 20.8 Å². The van der Waals surface area contributed by atoms with Gasteiger partial charge in [0.25, 0.3) is 0 Å². The van der Waals surface area contributed by atoms with Crippen LogP contribution in [0.25, 0.3) is 5.57 Å². The summed E-state index contributed by atoms with van der Waals surface area (Å²) in [5.41, 5.74) is 1.42. The summed E-state index contributed by atoms with van der Waals surface area (Å²) in [5, 5.41) is 7.97. The van der Waals surface area contributed by atoms with E-state index in [1.165, 1.54) is 4.80 Å². The molecule has 0 fully saturated rings. The smallest absolute Gasteiger partial charge is 0.165 e. The van der Waals surface area contributed by atoms with Gasteiger partial charge in [-0.2, -0.15) is 15.0 Å². The van der Waals surface area contributed by atoms with Gasteiger partial charge < -0.3 is 0 Å². The third-order valence-corrected chi connectivity index (χ3v) is 1.90. The molecular weight excluding hydrogens is 154 g/mol. The molecule has 1 heterocycles. The lowest BCUT2D eigenvalue weighted by Gasteiger charge is -1.91. The largest absolute Gasteiger partial charge is 0.294 e. The molecule has 0 spiro atoms. The Labute approximate surface area is 69.9 Å². The van der Waals surface area contributed by atoms with Gasteiger partial charge in [-0.3, -0.25) is 4.79 Å². The zero-order chi connectivity index (χ0) is 8.55. The molecular formula is C8H9N3O. The summed E-state index contributed by atoms with van der Waals surface area (Å²) >= 11 is 0. The minimum absolute atomic E-state index is 0.176. The van der Waals surface area contributed by atoms with Gasteiger partial charge in [0, 0.05) is 19.0 Å². The van der Waals surface area contributed by atoms with Crippen molar-refractivity contribution in [3.05, 3.63) is 18.0 Å². The van der Waals surface area contributed by atoms with E-state index in [2.05, 4.69) is 10.2 Å². The van der Waals surface area contributed by atoms with E-state index >= 15 is 0 Å². The third-order valence-electron chi connectivity index (χ3n) is 1.90. The van der Waals surface area contributed by atoms with E-state index in [1.807, 2.05) is 6.08 Å².